The maximum atomic E-state index is 15.1. The Hall–Kier alpha value is -2.26. The molecule has 7 nitrogen and oxygen atoms in total. The van der Waals surface area contributed by atoms with Crippen molar-refractivity contribution < 1.29 is 18.5 Å². The third-order valence-electron chi connectivity index (χ3n) is 5.34. The van der Waals surface area contributed by atoms with E-state index in [9.17, 15) is 18.9 Å². The summed E-state index contributed by atoms with van der Waals surface area (Å²) >= 11 is 0. The second kappa shape index (κ2) is 6.42. The Labute approximate surface area is 157 Å². The van der Waals surface area contributed by atoms with E-state index in [1.165, 1.54) is 6.20 Å². The van der Waals surface area contributed by atoms with Crippen LogP contribution in [0.25, 0.3) is 10.9 Å². The fourth-order valence-corrected chi connectivity index (χ4v) is 5.50. The van der Waals surface area contributed by atoms with Gasteiger partial charge in [0.25, 0.3) is 0 Å². The second-order valence-corrected chi connectivity index (χ2v) is 8.60. The molecule has 0 amide bonds. The third kappa shape index (κ3) is 2.76. The molecule has 1 N–H and O–H groups in total. The minimum Gasteiger partial charge on any atom is -0.477 e. The Morgan fingerprint density at radius 2 is 1.96 bits per heavy atom. The van der Waals surface area contributed by atoms with E-state index in [1.807, 2.05) is 18.9 Å². The van der Waals surface area contributed by atoms with Gasteiger partial charge in [0.1, 0.15) is 11.4 Å². The van der Waals surface area contributed by atoms with Crippen molar-refractivity contribution in [3.63, 3.8) is 0 Å². The molecule has 0 spiro atoms. The molecule has 1 aromatic carbocycles. The number of hydrogen-bond donors (Lipinski definition) is 1. The molecule has 1 fully saturated rings. The number of aromatic carboxylic acids is 1. The molecule has 0 aliphatic carbocycles. The zero-order valence-electron chi connectivity index (χ0n) is 15.1. The van der Waals surface area contributed by atoms with E-state index in [1.54, 1.807) is 4.57 Å². The molecule has 0 saturated carbocycles. The molecule has 4 rings (SSSR count). The Kier molecular flexibility index (Phi) is 4.31. The summed E-state index contributed by atoms with van der Waals surface area (Å²) in [5, 5.41) is 9.32. The van der Waals surface area contributed by atoms with Crippen LogP contribution in [0.1, 0.15) is 23.3 Å². The molecular formula is C18H20FN3O4S. The molecular weight excluding hydrogens is 373 g/mol. The van der Waals surface area contributed by atoms with Crippen LogP contribution in [0, 0.1) is 5.82 Å². The van der Waals surface area contributed by atoms with Crippen LogP contribution in [-0.4, -0.2) is 63.7 Å². The largest absolute Gasteiger partial charge is 0.477 e. The van der Waals surface area contributed by atoms with Crippen molar-refractivity contribution in [2.75, 3.05) is 43.9 Å². The van der Waals surface area contributed by atoms with Crippen LogP contribution in [0.5, 0.6) is 0 Å². The van der Waals surface area contributed by atoms with Crippen LogP contribution in [-0.2, 0) is 10.8 Å². The SMILES string of the molecule is C[C@@H]1CS(=O)c2c(N3CCN(C)CC3)c(F)cc3c(=O)c(C(=O)O)cn1c23. The van der Waals surface area contributed by atoms with Crippen molar-refractivity contribution in [1.29, 1.82) is 0 Å². The molecule has 3 heterocycles. The van der Waals surface area contributed by atoms with Gasteiger partial charge in [-0.3, -0.25) is 9.00 Å². The fraction of sp³-hybridized carbons (Fsp3) is 0.444. The van der Waals surface area contributed by atoms with E-state index in [0.717, 1.165) is 19.2 Å². The molecule has 1 saturated heterocycles. The first-order chi connectivity index (χ1) is 12.8. The smallest absolute Gasteiger partial charge is 0.341 e. The summed E-state index contributed by atoms with van der Waals surface area (Å²) in [5.74, 6) is -1.74. The maximum absolute atomic E-state index is 15.1. The highest BCUT2D eigenvalue weighted by atomic mass is 32.2. The number of anilines is 1. The van der Waals surface area contributed by atoms with Gasteiger partial charge in [0.2, 0.25) is 5.43 Å². The lowest BCUT2D eigenvalue weighted by molar-refractivity contribution is 0.0694. The summed E-state index contributed by atoms with van der Waals surface area (Å²) < 4.78 is 29.7. The van der Waals surface area contributed by atoms with Crippen molar-refractivity contribution in [3.05, 3.63) is 33.9 Å². The number of aromatic nitrogens is 1. The van der Waals surface area contributed by atoms with Gasteiger partial charge in [0.05, 0.1) is 32.3 Å². The van der Waals surface area contributed by atoms with Gasteiger partial charge in [-0.05, 0) is 20.0 Å². The van der Waals surface area contributed by atoms with Gasteiger partial charge in [-0.25, -0.2) is 9.18 Å². The molecule has 2 aromatic rings. The first-order valence-electron chi connectivity index (χ1n) is 8.76. The number of hydrogen-bond acceptors (Lipinski definition) is 5. The molecule has 0 bridgehead atoms. The third-order valence-corrected chi connectivity index (χ3v) is 6.97. The van der Waals surface area contributed by atoms with Gasteiger partial charge >= 0.3 is 5.97 Å². The van der Waals surface area contributed by atoms with Crippen molar-refractivity contribution in [3.8, 4) is 0 Å². The first-order valence-corrected chi connectivity index (χ1v) is 10.1. The lowest BCUT2D eigenvalue weighted by atomic mass is 10.1. The summed E-state index contributed by atoms with van der Waals surface area (Å²) in [6.07, 6.45) is 1.29. The number of halogens is 1. The highest BCUT2D eigenvalue weighted by Crippen LogP contribution is 2.39. The summed E-state index contributed by atoms with van der Waals surface area (Å²) in [7, 11) is 0.510. The molecule has 144 valence electrons. The number of nitrogens with zero attached hydrogens (tertiary/aromatic N) is 3. The van der Waals surface area contributed by atoms with Gasteiger partial charge in [0.15, 0.2) is 0 Å². The van der Waals surface area contributed by atoms with E-state index < -0.39 is 33.6 Å². The highest BCUT2D eigenvalue weighted by Gasteiger charge is 2.33. The highest BCUT2D eigenvalue weighted by molar-refractivity contribution is 7.85. The topological polar surface area (TPSA) is 82.8 Å². The number of likely N-dealkylation sites (N-methyl/N-ethyl adjacent to an activating group) is 1. The number of carboxylic acid groups (broad SMARTS) is 1. The average molecular weight is 393 g/mol. The molecule has 27 heavy (non-hydrogen) atoms. The molecule has 2 aliphatic heterocycles. The summed E-state index contributed by atoms with van der Waals surface area (Å²) in [6, 6.07) is 0.845. The lowest BCUT2D eigenvalue weighted by Gasteiger charge is -2.37. The number of rotatable bonds is 2. The van der Waals surface area contributed by atoms with Gasteiger partial charge in [-0.2, -0.15) is 0 Å². The van der Waals surface area contributed by atoms with Gasteiger partial charge in [-0.15, -0.1) is 0 Å². The molecule has 0 radical (unpaired) electrons. The number of carboxylic acids is 1. The number of piperazine rings is 1. The van der Waals surface area contributed by atoms with Crippen molar-refractivity contribution >= 4 is 33.4 Å². The van der Waals surface area contributed by atoms with Crippen molar-refractivity contribution in [1.82, 2.24) is 9.47 Å². The predicted molar refractivity (Wildman–Crippen MR) is 101 cm³/mol. The number of carbonyl (C=O) groups is 1. The van der Waals surface area contributed by atoms with Crippen molar-refractivity contribution in [2.45, 2.75) is 17.9 Å². The first kappa shape index (κ1) is 18.1. The lowest BCUT2D eigenvalue weighted by Crippen LogP contribution is -2.45. The standard InChI is InChI=1S/C18H20FN3O4S/c1-10-9-27(26)17-14-11(16(23)12(18(24)25)8-22(10)14)7-13(19)15(17)21-5-3-20(2)4-6-21/h7-8,10H,3-6,9H2,1-2H3,(H,24,25)/t10-,27?/m1/s1. The van der Waals surface area contributed by atoms with Gasteiger partial charge in [-0.1, -0.05) is 0 Å². The average Bonchev–Trinajstić information content (AvgIpc) is 2.61. The second-order valence-electron chi connectivity index (χ2n) is 7.17. The minimum absolute atomic E-state index is 0.0276. The molecule has 1 unspecified atom stereocenters. The fourth-order valence-electron chi connectivity index (χ4n) is 3.87. The number of pyridine rings is 1. The van der Waals surface area contributed by atoms with E-state index in [2.05, 4.69) is 4.90 Å². The van der Waals surface area contributed by atoms with Crippen LogP contribution >= 0.6 is 0 Å². The normalized spacial score (nSPS) is 23.0. The predicted octanol–water partition coefficient (Wildman–Crippen LogP) is 1.27. The summed E-state index contributed by atoms with van der Waals surface area (Å²) in [4.78, 5) is 28.4. The van der Waals surface area contributed by atoms with Crippen LogP contribution in [0.4, 0.5) is 10.1 Å². The molecule has 9 heteroatoms. The van der Waals surface area contributed by atoms with Crippen LogP contribution in [0.2, 0.25) is 0 Å². The Bertz CT molecular complexity index is 1040. The molecule has 1 aromatic heterocycles. The molecule has 2 atom stereocenters. The quantitative estimate of drug-likeness (QED) is 0.828. The van der Waals surface area contributed by atoms with Crippen molar-refractivity contribution in [2.24, 2.45) is 0 Å². The Morgan fingerprint density at radius 3 is 2.59 bits per heavy atom. The Balaban J connectivity index is 2.06. The van der Waals surface area contributed by atoms with Gasteiger partial charge < -0.3 is 19.5 Å². The summed E-state index contributed by atoms with van der Waals surface area (Å²) in [6.45, 7) is 4.51. The van der Waals surface area contributed by atoms with Gasteiger partial charge in [0, 0.05) is 44.2 Å². The van der Waals surface area contributed by atoms with E-state index in [4.69, 9.17) is 0 Å². The zero-order chi connectivity index (χ0) is 19.5. The maximum Gasteiger partial charge on any atom is 0.341 e. The zero-order valence-corrected chi connectivity index (χ0v) is 15.9. The monoisotopic (exact) mass is 393 g/mol. The van der Waals surface area contributed by atoms with Crippen LogP contribution in [0.15, 0.2) is 22.0 Å². The van der Waals surface area contributed by atoms with Crippen LogP contribution in [0.3, 0.4) is 0 Å². The summed E-state index contributed by atoms with van der Waals surface area (Å²) in [5.41, 5.74) is -0.487. The van der Waals surface area contributed by atoms with E-state index >= 15 is 4.39 Å². The van der Waals surface area contributed by atoms with E-state index in [-0.39, 0.29) is 22.9 Å². The minimum atomic E-state index is -1.48. The number of benzene rings is 1. The Morgan fingerprint density at radius 1 is 1.30 bits per heavy atom. The van der Waals surface area contributed by atoms with E-state index in [0.29, 0.717) is 23.5 Å². The molecule has 2 aliphatic rings. The van der Waals surface area contributed by atoms with Crippen LogP contribution < -0.4 is 10.3 Å².